The zero-order valence-electron chi connectivity index (χ0n) is 14.6. The van der Waals surface area contributed by atoms with Crippen LogP contribution in [0.4, 0.5) is 5.69 Å². The molecular weight excluding hydrogens is 298 g/mol. The molecule has 2 aromatic carbocycles. The summed E-state index contributed by atoms with van der Waals surface area (Å²) in [6.45, 7) is 7.01. The number of anilines is 1. The fourth-order valence-corrected chi connectivity index (χ4v) is 2.25. The number of amides is 1. The van der Waals surface area contributed by atoms with Crippen LogP contribution in [0.25, 0.3) is 6.08 Å². The molecule has 0 saturated heterocycles. The average molecular weight is 323 g/mol. The minimum absolute atomic E-state index is 0.171. The lowest BCUT2D eigenvalue weighted by Crippen LogP contribution is -2.09. The topological polar surface area (TPSA) is 38.3 Å². The highest BCUT2D eigenvalue weighted by molar-refractivity contribution is 6.02. The molecule has 0 aromatic heterocycles. The first-order chi connectivity index (χ1) is 11.6. The van der Waals surface area contributed by atoms with E-state index < -0.39 is 0 Å². The fourth-order valence-electron chi connectivity index (χ4n) is 2.25. The van der Waals surface area contributed by atoms with Crippen molar-refractivity contribution in [1.29, 1.82) is 0 Å². The van der Waals surface area contributed by atoms with Crippen LogP contribution in [0.5, 0.6) is 5.75 Å². The molecule has 1 N–H and O–H groups in total. The van der Waals surface area contributed by atoms with Gasteiger partial charge in [0, 0.05) is 6.08 Å². The Morgan fingerprint density at radius 1 is 1.12 bits per heavy atom. The summed E-state index contributed by atoms with van der Waals surface area (Å²) in [4.78, 5) is 12.1. The number of nitrogens with one attached hydrogen (secondary N) is 1. The van der Waals surface area contributed by atoms with Crippen LogP contribution in [0.3, 0.4) is 0 Å². The largest absolute Gasteiger partial charge is 0.491 e. The third-order valence-corrected chi connectivity index (χ3v) is 3.64. The van der Waals surface area contributed by atoms with Gasteiger partial charge in [0.2, 0.25) is 5.91 Å². The fraction of sp³-hybridized carbons (Fsp3) is 0.286. The molecule has 0 aliphatic heterocycles. The summed E-state index contributed by atoms with van der Waals surface area (Å²) in [7, 11) is 0. The van der Waals surface area contributed by atoms with Crippen molar-refractivity contribution in [1.82, 2.24) is 0 Å². The van der Waals surface area contributed by atoms with Gasteiger partial charge in [0.15, 0.2) is 0 Å². The molecule has 0 aliphatic rings. The lowest BCUT2D eigenvalue weighted by Gasteiger charge is -2.10. The van der Waals surface area contributed by atoms with Crippen LogP contribution in [0.2, 0.25) is 0 Å². The van der Waals surface area contributed by atoms with Crippen molar-refractivity contribution in [3.8, 4) is 5.75 Å². The van der Waals surface area contributed by atoms with Crippen LogP contribution in [-0.4, -0.2) is 12.5 Å². The monoisotopic (exact) mass is 323 g/mol. The minimum Gasteiger partial charge on any atom is -0.491 e. The highest BCUT2D eigenvalue weighted by atomic mass is 16.5. The first-order valence-electron chi connectivity index (χ1n) is 8.41. The van der Waals surface area contributed by atoms with Gasteiger partial charge in [-0.15, -0.1) is 0 Å². The second-order valence-corrected chi connectivity index (χ2v) is 5.99. The first-order valence-corrected chi connectivity index (χ1v) is 8.41. The van der Waals surface area contributed by atoms with Crippen molar-refractivity contribution in [3.05, 3.63) is 65.7 Å². The Labute approximate surface area is 144 Å². The van der Waals surface area contributed by atoms with Crippen LogP contribution in [0, 0.1) is 0 Å². The summed E-state index contributed by atoms with van der Waals surface area (Å²) >= 11 is 0. The standard InChI is InChI=1S/C21H25NO2/c1-4-15-24-20-8-6-5-7-19(20)22-21(23)14-11-17-9-12-18(13-10-17)16(2)3/h5-14,16H,4,15H2,1-3H3,(H,22,23)/b14-11+. The van der Waals surface area contributed by atoms with Gasteiger partial charge in [-0.1, -0.05) is 57.2 Å². The Kier molecular flexibility index (Phi) is 6.62. The Bertz CT molecular complexity index is 687. The van der Waals surface area contributed by atoms with Crippen molar-refractivity contribution < 1.29 is 9.53 Å². The second-order valence-electron chi connectivity index (χ2n) is 5.99. The molecule has 3 nitrogen and oxygen atoms in total. The third kappa shape index (κ3) is 5.27. The molecular formula is C21H25NO2. The maximum atomic E-state index is 12.1. The normalized spacial score (nSPS) is 11.0. The Hall–Kier alpha value is -2.55. The maximum Gasteiger partial charge on any atom is 0.248 e. The van der Waals surface area contributed by atoms with Gasteiger partial charge in [-0.2, -0.15) is 0 Å². The molecule has 0 fully saturated rings. The Morgan fingerprint density at radius 2 is 1.83 bits per heavy atom. The molecule has 0 aliphatic carbocycles. The van der Waals surface area contributed by atoms with E-state index in [1.165, 1.54) is 5.56 Å². The highest BCUT2D eigenvalue weighted by Crippen LogP contribution is 2.24. The molecule has 0 unspecified atom stereocenters. The molecule has 3 heteroatoms. The summed E-state index contributed by atoms with van der Waals surface area (Å²) in [5, 5.41) is 2.87. The van der Waals surface area contributed by atoms with Crippen LogP contribution in [0.1, 0.15) is 44.2 Å². The minimum atomic E-state index is -0.171. The van der Waals surface area contributed by atoms with Gasteiger partial charge in [0.25, 0.3) is 0 Å². The summed E-state index contributed by atoms with van der Waals surface area (Å²) < 4.78 is 5.65. The predicted molar refractivity (Wildman–Crippen MR) is 100 cm³/mol. The summed E-state index contributed by atoms with van der Waals surface area (Å²) in [6, 6.07) is 15.7. The average Bonchev–Trinajstić information content (AvgIpc) is 2.59. The number of hydrogen-bond acceptors (Lipinski definition) is 2. The molecule has 126 valence electrons. The lowest BCUT2D eigenvalue weighted by atomic mass is 10.0. The molecule has 2 rings (SSSR count). The van der Waals surface area contributed by atoms with E-state index in [1.54, 1.807) is 6.08 Å². The molecule has 1 amide bonds. The molecule has 0 bridgehead atoms. The SMILES string of the molecule is CCCOc1ccccc1NC(=O)/C=C/c1ccc(C(C)C)cc1. The predicted octanol–water partition coefficient (Wildman–Crippen LogP) is 5.25. The van der Waals surface area contributed by atoms with Gasteiger partial charge < -0.3 is 10.1 Å². The van der Waals surface area contributed by atoms with Crippen molar-refractivity contribution in [2.75, 3.05) is 11.9 Å². The van der Waals surface area contributed by atoms with Gasteiger partial charge in [0.1, 0.15) is 5.75 Å². The van der Waals surface area contributed by atoms with Gasteiger partial charge in [0.05, 0.1) is 12.3 Å². The number of para-hydroxylation sites is 2. The van der Waals surface area contributed by atoms with Crippen LogP contribution in [0.15, 0.2) is 54.6 Å². The number of carbonyl (C=O) groups is 1. The second kappa shape index (κ2) is 8.92. The number of ether oxygens (including phenoxy) is 1. The van der Waals surface area contributed by atoms with Crippen molar-refractivity contribution in [3.63, 3.8) is 0 Å². The van der Waals surface area contributed by atoms with Crippen molar-refractivity contribution in [2.24, 2.45) is 0 Å². The third-order valence-electron chi connectivity index (χ3n) is 3.64. The molecule has 2 aromatic rings. The van der Waals surface area contributed by atoms with E-state index in [9.17, 15) is 4.79 Å². The van der Waals surface area contributed by atoms with Crippen LogP contribution >= 0.6 is 0 Å². The molecule has 0 atom stereocenters. The Balaban J connectivity index is 2.00. The number of rotatable bonds is 7. The van der Waals surface area contributed by atoms with E-state index in [4.69, 9.17) is 4.74 Å². The van der Waals surface area contributed by atoms with E-state index in [0.717, 1.165) is 12.0 Å². The highest BCUT2D eigenvalue weighted by Gasteiger charge is 2.05. The molecule has 24 heavy (non-hydrogen) atoms. The molecule has 0 heterocycles. The van der Waals surface area contributed by atoms with Crippen molar-refractivity contribution >= 4 is 17.7 Å². The molecule has 0 saturated carbocycles. The quantitative estimate of drug-likeness (QED) is 0.707. The molecule has 0 radical (unpaired) electrons. The van der Waals surface area contributed by atoms with E-state index in [0.29, 0.717) is 24.0 Å². The summed E-state index contributed by atoms with van der Waals surface area (Å²) in [6.07, 6.45) is 4.28. The van der Waals surface area contributed by atoms with E-state index in [1.807, 2.05) is 42.5 Å². The van der Waals surface area contributed by atoms with Gasteiger partial charge in [-0.3, -0.25) is 4.79 Å². The van der Waals surface area contributed by atoms with Crippen molar-refractivity contribution in [2.45, 2.75) is 33.1 Å². The molecule has 0 spiro atoms. The number of carbonyl (C=O) groups excluding carboxylic acids is 1. The van der Waals surface area contributed by atoms with Gasteiger partial charge in [-0.25, -0.2) is 0 Å². The zero-order chi connectivity index (χ0) is 17.4. The maximum absolute atomic E-state index is 12.1. The van der Waals surface area contributed by atoms with Gasteiger partial charge in [-0.05, 0) is 41.7 Å². The van der Waals surface area contributed by atoms with E-state index in [2.05, 4.69) is 38.2 Å². The smallest absolute Gasteiger partial charge is 0.248 e. The summed E-state index contributed by atoms with van der Waals surface area (Å²) in [5.74, 6) is 1.03. The van der Waals surface area contributed by atoms with Crippen LogP contribution in [-0.2, 0) is 4.79 Å². The Morgan fingerprint density at radius 3 is 2.50 bits per heavy atom. The van der Waals surface area contributed by atoms with Gasteiger partial charge >= 0.3 is 0 Å². The lowest BCUT2D eigenvalue weighted by molar-refractivity contribution is -0.111. The summed E-state index contributed by atoms with van der Waals surface area (Å²) in [5.41, 5.74) is 2.99. The van der Waals surface area contributed by atoms with Crippen LogP contribution < -0.4 is 10.1 Å². The van der Waals surface area contributed by atoms with E-state index in [-0.39, 0.29) is 5.91 Å². The number of hydrogen-bond donors (Lipinski definition) is 1. The zero-order valence-corrected chi connectivity index (χ0v) is 14.6. The van der Waals surface area contributed by atoms with E-state index >= 15 is 0 Å². The first kappa shape index (κ1) is 17.8. The number of benzene rings is 2.